The number of nitrogens with one attached hydrogen (secondary N) is 1. The molecular weight excluding hydrogens is 631 g/mol. The van der Waals surface area contributed by atoms with Crippen molar-refractivity contribution in [2.75, 3.05) is 37.7 Å². The van der Waals surface area contributed by atoms with Crippen molar-refractivity contribution in [3.05, 3.63) is 46.5 Å². The first kappa shape index (κ1) is 29.6. The lowest BCUT2D eigenvalue weighted by atomic mass is 9.91. The van der Waals surface area contributed by atoms with Gasteiger partial charge < -0.3 is 24.8 Å². The van der Waals surface area contributed by atoms with Crippen LogP contribution in [0.5, 0.6) is 17.5 Å². The quantitative estimate of drug-likeness (QED) is 0.257. The molecule has 3 aromatic carbocycles. The summed E-state index contributed by atoms with van der Waals surface area (Å²) in [5.74, 6) is -0.553. The summed E-state index contributed by atoms with van der Waals surface area (Å²) in [6.07, 6.45) is 3.55. The summed E-state index contributed by atoms with van der Waals surface area (Å²) < 4.78 is 59.8. The number of alkyl halides is 1. The number of aryl methyl sites for hydroxylation is 1. The van der Waals surface area contributed by atoms with Crippen LogP contribution in [0.15, 0.2) is 24.3 Å². The molecule has 246 valence electrons. The van der Waals surface area contributed by atoms with E-state index in [2.05, 4.69) is 20.1 Å². The molecule has 4 fully saturated rings. The van der Waals surface area contributed by atoms with E-state index in [0.717, 1.165) is 32.2 Å². The third-order valence-electron chi connectivity index (χ3n) is 11.2. The largest absolute Gasteiger partial charge is 0.508 e. The molecule has 6 heterocycles. The van der Waals surface area contributed by atoms with Gasteiger partial charge in [0.1, 0.15) is 42.3 Å². The Kier molecular flexibility index (Phi) is 6.76. The van der Waals surface area contributed by atoms with Gasteiger partial charge in [-0.3, -0.25) is 4.90 Å². The highest BCUT2D eigenvalue weighted by Crippen LogP contribution is 2.51. The molecule has 0 spiro atoms. The van der Waals surface area contributed by atoms with Crippen LogP contribution in [0.2, 0.25) is 5.02 Å². The molecule has 0 radical (unpaired) electrons. The molecular formula is C35H35ClF3N5O3. The van der Waals surface area contributed by atoms with Crippen LogP contribution in [0.25, 0.3) is 32.8 Å². The normalized spacial score (nSPS) is 28.1. The van der Waals surface area contributed by atoms with Gasteiger partial charge in [0.2, 0.25) is 0 Å². The van der Waals surface area contributed by atoms with Crippen LogP contribution in [0.3, 0.4) is 0 Å². The van der Waals surface area contributed by atoms with E-state index in [4.69, 9.17) is 26.1 Å². The fourth-order valence-corrected chi connectivity index (χ4v) is 9.41. The van der Waals surface area contributed by atoms with Crippen LogP contribution in [0, 0.1) is 11.6 Å². The number of halogens is 4. The summed E-state index contributed by atoms with van der Waals surface area (Å²) in [7, 11) is 0. The number of fused-ring (bicyclic) bond motifs is 7. The van der Waals surface area contributed by atoms with Gasteiger partial charge in [-0.15, -0.1) is 0 Å². The van der Waals surface area contributed by atoms with Gasteiger partial charge in [0.05, 0.1) is 22.0 Å². The van der Waals surface area contributed by atoms with Crippen LogP contribution in [0.1, 0.15) is 44.6 Å². The third-order valence-corrected chi connectivity index (χ3v) is 11.5. The maximum absolute atomic E-state index is 17.3. The molecule has 12 heteroatoms. The Labute approximate surface area is 274 Å². The number of anilines is 1. The monoisotopic (exact) mass is 665 g/mol. The number of piperazine rings is 1. The minimum atomic E-state index is -0.921. The number of aromatic nitrogens is 2. The molecule has 4 saturated heterocycles. The molecule has 8 nitrogen and oxygen atoms in total. The van der Waals surface area contributed by atoms with Crippen molar-refractivity contribution in [2.24, 2.45) is 0 Å². The first-order valence-electron chi connectivity index (χ1n) is 16.6. The Hall–Kier alpha value is -3.54. The first-order valence-corrected chi connectivity index (χ1v) is 17.0. The van der Waals surface area contributed by atoms with Gasteiger partial charge in [-0.1, -0.05) is 24.6 Å². The summed E-state index contributed by atoms with van der Waals surface area (Å²) in [4.78, 5) is 13.9. The van der Waals surface area contributed by atoms with Crippen LogP contribution >= 0.6 is 11.6 Å². The van der Waals surface area contributed by atoms with Gasteiger partial charge in [-0.2, -0.15) is 9.97 Å². The summed E-state index contributed by atoms with van der Waals surface area (Å²) in [6, 6.07) is 6.15. The summed E-state index contributed by atoms with van der Waals surface area (Å²) in [5, 5.41) is 15.8. The van der Waals surface area contributed by atoms with E-state index in [1.165, 1.54) is 18.2 Å². The molecule has 4 aromatic rings. The van der Waals surface area contributed by atoms with Crippen LogP contribution < -0.4 is 19.7 Å². The number of aromatic hydroxyl groups is 1. The smallest absolute Gasteiger partial charge is 0.319 e. The molecule has 0 amide bonds. The molecule has 0 unspecified atom stereocenters. The number of hydrogen-bond acceptors (Lipinski definition) is 8. The molecule has 0 saturated carbocycles. The highest BCUT2D eigenvalue weighted by Gasteiger charge is 2.50. The van der Waals surface area contributed by atoms with Crippen molar-refractivity contribution in [1.82, 2.24) is 20.2 Å². The molecule has 5 atom stereocenters. The number of hydrogen-bond donors (Lipinski definition) is 2. The SMILES string of the molecule is CCc1c(F)ccc2cc(O)cc(-c3c(Cl)c4c5c(nc(OC[C@@]67CCCN6C[C@H](F)C7)nc5c3F)N3C[C@H]5CC[C@H](N5)[C@H]3CO4)c12. The molecule has 5 aliphatic rings. The van der Waals surface area contributed by atoms with E-state index in [-0.39, 0.29) is 70.5 Å². The summed E-state index contributed by atoms with van der Waals surface area (Å²) in [6.45, 7) is 4.14. The molecule has 47 heavy (non-hydrogen) atoms. The van der Waals surface area contributed by atoms with E-state index in [1.807, 2.05) is 6.92 Å². The van der Waals surface area contributed by atoms with Gasteiger partial charge in [0.15, 0.2) is 11.6 Å². The lowest BCUT2D eigenvalue weighted by Gasteiger charge is -2.40. The lowest BCUT2D eigenvalue weighted by Crippen LogP contribution is -2.60. The standard InChI is InChI=1S/C35H35ClF3N5O3/c1-2-21-23(38)6-4-17-10-20(45)11-22(26(17)21)27-29(36)32-28-31(30(27)39)41-34(47-16-35-8-3-9-43(35)13-18(37)12-35)42-33(28)44-14-19-5-7-24(40-19)25(44)15-46-32/h4,6,10-11,18-19,24-25,40,45H,2-3,5,7-9,12-16H2,1H3/t18-,19-,24+,25-,35+/m1/s1. The second-order valence-electron chi connectivity index (χ2n) is 13.8. The summed E-state index contributed by atoms with van der Waals surface area (Å²) >= 11 is 7.13. The molecule has 2 N–H and O–H groups in total. The predicted molar refractivity (Wildman–Crippen MR) is 174 cm³/mol. The number of ether oxygens (including phenoxy) is 2. The highest BCUT2D eigenvalue weighted by atomic mass is 35.5. The minimum Gasteiger partial charge on any atom is -0.508 e. The van der Waals surface area contributed by atoms with Crippen LogP contribution in [-0.2, 0) is 6.42 Å². The fraction of sp³-hybridized carbons (Fsp3) is 0.486. The van der Waals surface area contributed by atoms with Crippen molar-refractivity contribution in [2.45, 2.75) is 75.3 Å². The summed E-state index contributed by atoms with van der Waals surface area (Å²) in [5.41, 5.74) is 0.109. The van der Waals surface area contributed by atoms with Crippen molar-refractivity contribution < 1.29 is 27.8 Å². The van der Waals surface area contributed by atoms with Gasteiger partial charge in [-0.25, -0.2) is 13.2 Å². The second kappa shape index (κ2) is 10.7. The van der Waals surface area contributed by atoms with Crippen molar-refractivity contribution >= 4 is 39.1 Å². The molecule has 2 bridgehead atoms. The zero-order valence-corrected chi connectivity index (χ0v) is 26.7. The molecule has 0 aliphatic carbocycles. The Balaban J connectivity index is 1.27. The van der Waals surface area contributed by atoms with E-state index in [0.29, 0.717) is 53.5 Å². The second-order valence-corrected chi connectivity index (χ2v) is 14.2. The van der Waals surface area contributed by atoms with E-state index < -0.39 is 23.3 Å². The van der Waals surface area contributed by atoms with Gasteiger partial charge >= 0.3 is 6.01 Å². The number of rotatable bonds is 5. The average Bonchev–Trinajstić information content (AvgIpc) is 3.68. The van der Waals surface area contributed by atoms with Gasteiger partial charge in [0, 0.05) is 37.2 Å². The Bertz CT molecular complexity index is 1960. The van der Waals surface area contributed by atoms with Crippen LogP contribution in [-0.4, -0.2) is 82.7 Å². The molecule has 5 aliphatic heterocycles. The first-order chi connectivity index (χ1) is 22.7. The zero-order chi connectivity index (χ0) is 32.2. The Morgan fingerprint density at radius 2 is 2.04 bits per heavy atom. The zero-order valence-electron chi connectivity index (χ0n) is 26.0. The van der Waals surface area contributed by atoms with Gasteiger partial charge in [-0.05, 0) is 78.7 Å². The maximum Gasteiger partial charge on any atom is 0.319 e. The maximum atomic E-state index is 17.3. The van der Waals surface area contributed by atoms with Crippen molar-refractivity contribution in [3.8, 4) is 28.6 Å². The number of phenolic OH excluding ortho intramolecular Hbond substituents is 1. The fourth-order valence-electron chi connectivity index (χ4n) is 9.08. The number of nitrogens with zero attached hydrogens (tertiary/aromatic N) is 4. The molecule has 9 rings (SSSR count). The van der Waals surface area contributed by atoms with Crippen molar-refractivity contribution in [3.63, 3.8) is 0 Å². The third kappa shape index (κ3) is 4.42. The number of phenols is 1. The minimum absolute atomic E-state index is 0.00161. The van der Waals surface area contributed by atoms with Gasteiger partial charge in [0.25, 0.3) is 0 Å². The lowest BCUT2D eigenvalue weighted by molar-refractivity contribution is 0.107. The van der Waals surface area contributed by atoms with E-state index in [9.17, 15) is 9.50 Å². The number of benzene rings is 3. The van der Waals surface area contributed by atoms with Crippen LogP contribution in [0.4, 0.5) is 19.0 Å². The average molecular weight is 666 g/mol. The topological polar surface area (TPSA) is 83.0 Å². The van der Waals surface area contributed by atoms with E-state index in [1.54, 1.807) is 6.07 Å². The van der Waals surface area contributed by atoms with E-state index >= 15 is 8.78 Å². The Morgan fingerprint density at radius 1 is 1.17 bits per heavy atom. The highest BCUT2D eigenvalue weighted by molar-refractivity contribution is 6.37. The molecule has 1 aromatic heterocycles. The Morgan fingerprint density at radius 3 is 2.89 bits per heavy atom. The predicted octanol–water partition coefficient (Wildman–Crippen LogP) is 6.31. The van der Waals surface area contributed by atoms with Crippen molar-refractivity contribution in [1.29, 1.82) is 0 Å².